The van der Waals surface area contributed by atoms with Gasteiger partial charge in [0.15, 0.2) is 0 Å². The normalized spacial score (nSPS) is 16.0. The molecule has 3 nitrogen and oxygen atoms in total. The second-order valence-corrected chi connectivity index (χ2v) is 7.03. The molecule has 1 heterocycles. The van der Waals surface area contributed by atoms with Gasteiger partial charge in [-0.3, -0.25) is 14.5 Å². The molecule has 2 aromatic carbocycles. The fourth-order valence-corrected chi connectivity index (χ4v) is 3.71. The summed E-state index contributed by atoms with van der Waals surface area (Å²) in [7, 11) is 0. The highest BCUT2D eigenvalue weighted by Crippen LogP contribution is 2.32. The van der Waals surface area contributed by atoms with Crippen molar-refractivity contribution in [2.45, 2.75) is 6.42 Å². The van der Waals surface area contributed by atoms with Crippen LogP contribution in [0.4, 0.5) is 0 Å². The molecule has 0 atom stereocenters. The van der Waals surface area contributed by atoms with Gasteiger partial charge in [-0.05, 0) is 23.6 Å². The molecule has 120 valence electrons. The van der Waals surface area contributed by atoms with Gasteiger partial charge in [0, 0.05) is 12.1 Å². The number of aldehydes is 1. The van der Waals surface area contributed by atoms with Crippen molar-refractivity contribution >= 4 is 46.6 Å². The molecule has 0 bridgehead atoms. The highest BCUT2D eigenvalue weighted by molar-refractivity contribution is 8.26. The average molecular weight is 353 g/mol. The SMILES string of the molecule is O=Cc1ccc(/C=C2\SC(=S)N(CCc3ccccc3)C2=O)cc1. The van der Waals surface area contributed by atoms with Gasteiger partial charge >= 0.3 is 0 Å². The summed E-state index contributed by atoms with van der Waals surface area (Å²) >= 11 is 6.67. The summed E-state index contributed by atoms with van der Waals surface area (Å²) in [5.74, 6) is -0.0552. The number of carbonyl (C=O) groups excluding carboxylic acids is 2. The summed E-state index contributed by atoms with van der Waals surface area (Å²) in [4.78, 5) is 25.5. The van der Waals surface area contributed by atoms with Gasteiger partial charge in [-0.1, -0.05) is 78.6 Å². The van der Waals surface area contributed by atoms with Crippen LogP contribution in [0.1, 0.15) is 21.5 Å². The van der Waals surface area contributed by atoms with Crippen LogP contribution in [0, 0.1) is 0 Å². The van der Waals surface area contributed by atoms with Crippen molar-refractivity contribution in [1.82, 2.24) is 4.90 Å². The summed E-state index contributed by atoms with van der Waals surface area (Å²) in [5, 5.41) is 0. The first-order chi connectivity index (χ1) is 11.7. The molecule has 24 heavy (non-hydrogen) atoms. The minimum atomic E-state index is -0.0552. The first-order valence-corrected chi connectivity index (χ1v) is 8.74. The minimum absolute atomic E-state index is 0.0552. The summed E-state index contributed by atoms with van der Waals surface area (Å²) in [6.07, 6.45) is 3.39. The lowest BCUT2D eigenvalue weighted by Crippen LogP contribution is -2.30. The molecule has 0 aromatic heterocycles. The molecule has 0 radical (unpaired) electrons. The predicted molar refractivity (Wildman–Crippen MR) is 102 cm³/mol. The average Bonchev–Trinajstić information content (AvgIpc) is 2.88. The zero-order valence-corrected chi connectivity index (χ0v) is 14.5. The van der Waals surface area contributed by atoms with Crippen molar-refractivity contribution in [1.29, 1.82) is 0 Å². The number of thioether (sulfide) groups is 1. The number of thiocarbonyl (C=S) groups is 1. The first kappa shape index (κ1) is 16.6. The predicted octanol–water partition coefficient (Wildman–Crippen LogP) is 3.94. The van der Waals surface area contributed by atoms with Crippen molar-refractivity contribution in [3.05, 3.63) is 76.2 Å². The van der Waals surface area contributed by atoms with Crippen LogP contribution in [-0.4, -0.2) is 28.0 Å². The number of hydrogen-bond donors (Lipinski definition) is 0. The van der Waals surface area contributed by atoms with Crippen LogP contribution >= 0.6 is 24.0 Å². The fourth-order valence-electron chi connectivity index (χ4n) is 2.40. The Morgan fingerprint density at radius 3 is 2.33 bits per heavy atom. The maximum Gasteiger partial charge on any atom is 0.266 e. The molecule has 0 aliphatic carbocycles. The van der Waals surface area contributed by atoms with E-state index in [1.165, 1.54) is 17.3 Å². The number of hydrogen-bond acceptors (Lipinski definition) is 4. The van der Waals surface area contributed by atoms with E-state index >= 15 is 0 Å². The third-order valence-corrected chi connectivity index (χ3v) is 5.09. The Bertz CT molecular complexity index is 798. The highest BCUT2D eigenvalue weighted by Gasteiger charge is 2.31. The van der Waals surface area contributed by atoms with Crippen LogP contribution in [-0.2, 0) is 11.2 Å². The Morgan fingerprint density at radius 2 is 1.67 bits per heavy atom. The number of carbonyl (C=O) groups is 2. The summed E-state index contributed by atoms with van der Waals surface area (Å²) in [6.45, 7) is 0.579. The maximum absolute atomic E-state index is 12.6. The Kier molecular flexibility index (Phi) is 5.23. The van der Waals surface area contributed by atoms with Gasteiger partial charge in [-0.25, -0.2) is 0 Å². The van der Waals surface area contributed by atoms with E-state index in [1.54, 1.807) is 17.0 Å². The van der Waals surface area contributed by atoms with E-state index in [9.17, 15) is 9.59 Å². The Hall–Kier alpha value is -2.24. The standard InChI is InChI=1S/C19H15NO2S2/c21-13-16-8-6-15(7-9-16)12-17-18(22)20(19(23)24-17)11-10-14-4-2-1-3-5-14/h1-9,12-13H,10-11H2/b17-12-. The van der Waals surface area contributed by atoms with E-state index in [0.29, 0.717) is 21.3 Å². The van der Waals surface area contributed by atoms with Crippen LogP contribution in [0.5, 0.6) is 0 Å². The summed E-state index contributed by atoms with van der Waals surface area (Å²) in [6, 6.07) is 17.1. The fraction of sp³-hybridized carbons (Fsp3) is 0.105. The maximum atomic E-state index is 12.6. The molecule has 1 aliphatic heterocycles. The molecular formula is C19H15NO2S2. The molecule has 0 spiro atoms. The molecule has 0 unspecified atom stereocenters. The van der Waals surface area contributed by atoms with Gasteiger partial charge < -0.3 is 0 Å². The molecule has 3 rings (SSSR count). The number of nitrogens with zero attached hydrogens (tertiary/aromatic N) is 1. The second-order valence-electron chi connectivity index (χ2n) is 5.35. The van der Waals surface area contributed by atoms with Crippen LogP contribution in [0.2, 0.25) is 0 Å². The van der Waals surface area contributed by atoms with Gasteiger partial charge in [0.05, 0.1) is 4.91 Å². The summed E-state index contributed by atoms with van der Waals surface area (Å²) < 4.78 is 0.590. The molecule has 1 amide bonds. The van der Waals surface area contributed by atoms with E-state index in [0.717, 1.165) is 18.3 Å². The molecule has 5 heteroatoms. The van der Waals surface area contributed by atoms with Crippen molar-refractivity contribution in [3.63, 3.8) is 0 Å². The van der Waals surface area contributed by atoms with Gasteiger partial charge in [0.1, 0.15) is 10.6 Å². The van der Waals surface area contributed by atoms with E-state index in [4.69, 9.17) is 12.2 Å². The van der Waals surface area contributed by atoms with Crippen LogP contribution in [0.15, 0.2) is 59.5 Å². The smallest absolute Gasteiger partial charge is 0.266 e. The molecule has 1 fully saturated rings. The monoisotopic (exact) mass is 353 g/mol. The van der Waals surface area contributed by atoms with E-state index in [1.807, 2.05) is 48.5 Å². The van der Waals surface area contributed by atoms with Crippen molar-refractivity contribution in [2.75, 3.05) is 6.54 Å². The van der Waals surface area contributed by atoms with Crippen molar-refractivity contribution in [3.8, 4) is 0 Å². The van der Waals surface area contributed by atoms with Gasteiger partial charge in [-0.2, -0.15) is 0 Å². The first-order valence-electron chi connectivity index (χ1n) is 7.52. The molecule has 2 aromatic rings. The van der Waals surface area contributed by atoms with E-state index < -0.39 is 0 Å². The second kappa shape index (κ2) is 7.55. The zero-order valence-electron chi connectivity index (χ0n) is 12.8. The zero-order chi connectivity index (χ0) is 16.9. The molecular weight excluding hydrogens is 338 g/mol. The third-order valence-electron chi connectivity index (χ3n) is 3.71. The third kappa shape index (κ3) is 3.80. The lowest BCUT2D eigenvalue weighted by atomic mass is 10.1. The van der Waals surface area contributed by atoms with Gasteiger partial charge in [-0.15, -0.1) is 0 Å². The summed E-state index contributed by atoms with van der Waals surface area (Å²) in [5.41, 5.74) is 2.67. The molecule has 1 saturated heterocycles. The van der Waals surface area contributed by atoms with Crippen molar-refractivity contribution in [2.24, 2.45) is 0 Å². The van der Waals surface area contributed by atoms with Crippen LogP contribution < -0.4 is 0 Å². The van der Waals surface area contributed by atoms with E-state index in [-0.39, 0.29) is 5.91 Å². The largest absolute Gasteiger partial charge is 0.298 e. The molecule has 1 aliphatic rings. The quantitative estimate of drug-likeness (QED) is 0.463. The lowest BCUT2D eigenvalue weighted by molar-refractivity contribution is -0.122. The van der Waals surface area contributed by atoms with E-state index in [2.05, 4.69) is 0 Å². The Morgan fingerprint density at radius 1 is 1.00 bits per heavy atom. The Labute approximate surface area is 150 Å². The molecule has 0 N–H and O–H groups in total. The van der Waals surface area contributed by atoms with Crippen LogP contribution in [0.25, 0.3) is 6.08 Å². The Balaban J connectivity index is 1.70. The van der Waals surface area contributed by atoms with Crippen LogP contribution in [0.3, 0.4) is 0 Å². The number of rotatable bonds is 5. The highest BCUT2D eigenvalue weighted by atomic mass is 32.2. The minimum Gasteiger partial charge on any atom is -0.298 e. The molecule has 0 saturated carbocycles. The number of benzene rings is 2. The number of amides is 1. The van der Waals surface area contributed by atoms with Gasteiger partial charge in [0.25, 0.3) is 5.91 Å². The topological polar surface area (TPSA) is 37.4 Å². The van der Waals surface area contributed by atoms with Gasteiger partial charge in [0.2, 0.25) is 0 Å². The van der Waals surface area contributed by atoms with Crippen molar-refractivity contribution < 1.29 is 9.59 Å². The lowest BCUT2D eigenvalue weighted by Gasteiger charge is -2.14.